The van der Waals surface area contributed by atoms with Crippen LogP contribution in [0.1, 0.15) is 18.5 Å². The van der Waals surface area contributed by atoms with Crippen LogP contribution in [0.2, 0.25) is 0 Å². The number of rotatable bonds is 5. The van der Waals surface area contributed by atoms with Crippen LogP contribution in [0, 0.1) is 0 Å². The van der Waals surface area contributed by atoms with Crippen molar-refractivity contribution >= 4 is 34.3 Å². The summed E-state index contributed by atoms with van der Waals surface area (Å²) in [6.45, 7) is 1.73. The summed E-state index contributed by atoms with van der Waals surface area (Å²) in [5, 5.41) is 0. The van der Waals surface area contributed by atoms with Gasteiger partial charge in [0.25, 0.3) is 0 Å². The second kappa shape index (κ2) is 8.35. The van der Waals surface area contributed by atoms with E-state index < -0.39 is 18.2 Å². The van der Waals surface area contributed by atoms with Crippen molar-refractivity contribution in [2.45, 2.75) is 19.1 Å². The monoisotopic (exact) mass is 355 g/mol. The number of carbonyl (C=O) groups excluding carboxylic acids is 1. The zero-order valence-electron chi connectivity index (χ0n) is 10.6. The van der Waals surface area contributed by atoms with Gasteiger partial charge in [-0.25, -0.2) is 9.18 Å². The number of esters is 1. The summed E-state index contributed by atoms with van der Waals surface area (Å²) < 4.78 is 24.1. The standard InChI is InChI=1S/C12H15BrFNO3.ClH/c1-3-18-12(16)10(14)11(15)8-6-7(17-2)4-5-9(8)13;/h4-6,10-11H,3,15H2,1-2H3;1H/t10?,11-;/m1./s1. The molecule has 0 aromatic heterocycles. The summed E-state index contributed by atoms with van der Waals surface area (Å²) in [6.07, 6.45) is -1.91. The first kappa shape index (κ1) is 18.1. The van der Waals surface area contributed by atoms with Gasteiger partial charge in [-0.15, -0.1) is 12.4 Å². The zero-order chi connectivity index (χ0) is 13.7. The van der Waals surface area contributed by atoms with Crippen LogP contribution in [0.4, 0.5) is 4.39 Å². The molecule has 2 atom stereocenters. The number of nitrogens with two attached hydrogens (primary N) is 1. The summed E-state index contributed by atoms with van der Waals surface area (Å²) in [4.78, 5) is 11.3. The largest absolute Gasteiger partial charge is 0.497 e. The SMILES string of the molecule is CCOC(=O)C(F)[C@H](N)c1cc(OC)ccc1Br.Cl. The Balaban J connectivity index is 0.00000324. The van der Waals surface area contributed by atoms with Gasteiger partial charge >= 0.3 is 5.97 Å². The van der Waals surface area contributed by atoms with E-state index in [9.17, 15) is 9.18 Å². The Labute approximate surface area is 126 Å². The van der Waals surface area contributed by atoms with Gasteiger partial charge in [-0.3, -0.25) is 0 Å². The van der Waals surface area contributed by atoms with Gasteiger partial charge in [0.15, 0.2) is 0 Å². The fraction of sp³-hybridized carbons (Fsp3) is 0.417. The summed E-state index contributed by atoms with van der Waals surface area (Å²) >= 11 is 3.26. The smallest absolute Gasteiger partial charge is 0.342 e. The van der Waals surface area contributed by atoms with Crippen LogP contribution in [-0.2, 0) is 9.53 Å². The average Bonchev–Trinajstić information content (AvgIpc) is 2.38. The third-order valence-electron chi connectivity index (χ3n) is 2.39. The topological polar surface area (TPSA) is 61.5 Å². The molecule has 4 nitrogen and oxygen atoms in total. The highest BCUT2D eigenvalue weighted by atomic mass is 79.9. The molecule has 0 aliphatic rings. The van der Waals surface area contributed by atoms with Crippen LogP contribution in [0.3, 0.4) is 0 Å². The first-order chi connectivity index (χ1) is 8.51. The molecule has 0 fully saturated rings. The molecule has 0 heterocycles. The van der Waals surface area contributed by atoms with E-state index in [1.165, 1.54) is 7.11 Å². The lowest BCUT2D eigenvalue weighted by molar-refractivity contribution is -0.149. The molecule has 1 aromatic carbocycles. The van der Waals surface area contributed by atoms with Crippen LogP contribution < -0.4 is 10.5 Å². The molecule has 7 heteroatoms. The summed E-state index contributed by atoms with van der Waals surface area (Å²) in [6, 6.07) is 3.87. The molecule has 0 saturated carbocycles. The summed E-state index contributed by atoms with van der Waals surface area (Å²) in [5.74, 6) is -0.417. The van der Waals surface area contributed by atoms with Crippen LogP contribution in [0.15, 0.2) is 22.7 Å². The molecule has 0 amide bonds. The fourth-order valence-electron chi connectivity index (χ4n) is 1.43. The van der Waals surface area contributed by atoms with Gasteiger partial charge in [0.1, 0.15) is 5.75 Å². The minimum Gasteiger partial charge on any atom is -0.497 e. The number of halogens is 3. The lowest BCUT2D eigenvalue weighted by Crippen LogP contribution is -2.31. The van der Waals surface area contributed by atoms with E-state index in [0.717, 1.165) is 0 Å². The van der Waals surface area contributed by atoms with Gasteiger partial charge in [-0.1, -0.05) is 15.9 Å². The zero-order valence-corrected chi connectivity index (χ0v) is 13.0. The van der Waals surface area contributed by atoms with Gasteiger partial charge in [0.2, 0.25) is 6.17 Å². The molecule has 0 aliphatic heterocycles. The van der Waals surface area contributed by atoms with E-state index in [2.05, 4.69) is 20.7 Å². The quantitative estimate of drug-likeness (QED) is 0.824. The van der Waals surface area contributed by atoms with E-state index >= 15 is 0 Å². The molecular formula is C12H16BrClFNO3. The van der Waals surface area contributed by atoms with Gasteiger partial charge in [0.05, 0.1) is 19.8 Å². The minimum absolute atomic E-state index is 0. The molecule has 19 heavy (non-hydrogen) atoms. The molecule has 108 valence electrons. The van der Waals surface area contributed by atoms with E-state index in [1.54, 1.807) is 25.1 Å². The Hall–Kier alpha value is -0.850. The molecule has 1 aromatic rings. The third-order valence-corrected chi connectivity index (χ3v) is 3.11. The minimum atomic E-state index is -1.91. The number of ether oxygens (including phenoxy) is 2. The van der Waals surface area contributed by atoms with Crippen LogP contribution >= 0.6 is 28.3 Å². The molecule has 0 bridgehead atoms. The Morgan fingerprint density at radius 3 is 2.68 bits per heavy atom. The van der Waals surface area contributed by atoms with Gasteiger partial charge in [-0.2, -0.15) is 0 Å². The number of hydrogen-bond acceptors (Lipinski definition) is 4. The van der Waals surface area contributed by atoms with Crippen molar-refractivity contribution in [1.82, 2.24) is 0 Å². The molecule has 0 aliphatic carbocycles. The molecule has 1 rings (SSSR count). The van der Waals surface area contributed by atoms with Crippen LogP contribution in [-0.4, -0.2) is 25.9 Å². The molecule has 0 saturated heterocycles. The lowest BCUT2D eigenvalue weighted by atomic mass is 10.0. The maximum atomic E-state index is 13.8. The summed E-state index contributed by atoms with van der Waals surface area (Å²) in [7, 11) is 1.50. The van der Waals surface area contributed by atoms with Crippen LogP contribution in [0.5, 0.6) is 5.75 Å². The Bertz CT molecular complexity index is 433. The number of methoxy groups -OCH3 is 1. The van der Waals surface area contributed by atoms with Gasteiger partial charge < -0.3 is 15.2 Å². The van der Waals surface area contributed by atoms with E-state index in [0.29, 0.717) is 15.8 Å². The highest BCUT2D eigenvalue weighted by molar-refractivity contribution is 9.10. The van der Waals surface area contributed by atoms with Crippen molar-refractivity contribution in [3.8, 4) is 5.75 Å². The molecule has 0 spiro atoms. The lowest BCUT2D eigenvalue weighted by Gasteiger charge is -2.17. The highest BCUT2D eigenvalue weighted by Gasteiger charge is 2.29. The van der Waals surface area contributed by atoms with Crippen molar-refractivity contribution in [3.63, 3.8) is 0 Å². The van der Waals surface area contributed by atoms with Crippen molar-refractivity contribution in [2.75, 3.05) is 13.7 Å². The van der Waals surface area contributed by atoms with Crippen molar-refractivity contribution < 1.29 is 18.7 Å². The predicted octanol–water partition coefficient (Wildman–Crippen LogP) is 2.78. The number of benzene rings is 1. The second-order valence-electron chi connectivity index (χ2n) is 3.57. The molecular weight excluding hydrogens is 340 g/mol. The van der Waals surface area contributed by atoms with E-state index in [1.807, 2.05) is 0 Å². The number of carbonyl (C=O) groups is 1. The molecule has 2 N–H and O–H groups in total. The molecule has 1 unspecified atom stereocenters. The van der Waals surface area contributed by atoms with Crippen molar-refractivity contribution in [1.29, 1.82) is 0 Å². The maximum Gasteiger partial charge on any atom is 0.342 e. The van der Waals surface area contributed by atoms with Crippen LogP contribution in [0.25, 0.3) is 0 Å². The van der Waals surface area contributed by atoms with Gasteiger partial charge in [0, 0.05) is 4.47 Å². The van der Waals surface area contributed by atoms with Crippen molar-refractivity contribution in [2.24, 2.45) is 5.73 Å². The van der Waals surface area contributed by atoms with E-state index in [-0.39, 0.29) is 19.0 Å². The van der Waals surface area contributed by atoms with Crippen molar-refractivity contribution in [3.05, 3.63) is 28.2 Å². The predicted molar refractivity (Wildman–Crippen MR) is 76.4 cm³/mol. The Morgan fingerprint density at radius 1 is 1.53 bits per heavy atom. The normalized spacial score (nSPS) is 13.1. The average molecular weight is 357 g/mol. The number of hydrogen-bond donors (Lipinski definition) is 1. The fourth-order valence-corrected chi connectivity index (χ4v) is 1.94. The summed E-state index contributed by atoms with van der Waals surface area (Å²) in [5.41, 5.74) is 6.19. The van der Waals surface area contributed by atoms with Gasteiger partial charge in [-0.05, 0) is 30.7 Å². The van der Waals surface area contributed by atoms with E-state index in [4.69, 9.17) is 10.5 Å². The highest BCUT2D eigenvalue weighted by Crippen LogP contribution is 2.29. The third kappa shape index (κ3) is 4.63. The first-order valence-corrected chi connectivity index (χ1v) is 6.20. The molecule has 0 radical (unpaired) electrons. The second-order valence-corrected chi connectivity index (χ2v) is 4.42. The first-order valence-electron chi connectivity index (χ1n) is 5.41. The Kier molecular flexibility index (Phi) is 7.97. The maximum absolute atomic E-state index is 13.8. The Morgan fingerprint density at radius 2 is 2.16 bits per heavy atom. The number of alkyl halides is 1.